The van der Waals surface area contributed by atoms with Crippen LogP contribution >= 0.6 is 0 Å². The van der Waals surface area contributed by atoms with E-state index >= 15 is 0 Å². The van der Waals surface area contributed by atoms with Crippen LogP contribution in [0.5, 0.6) is 0 Å². The average Bonchev–Trinajstić information content (AvgIpc) is 2.43. The molecule has 3 nitrogen and oxygen atoms in total. The maximum absolute atomic E-state index is 13.5. The van der Waals surface area contributed by atoms with E-state index in [1.54, 1.807) is 25.1 Å². The van der Waals surface area contributed by atoms with Crippen LogP contribution in [0.15, 0.2) is 42.5 Å². The molecule has 0 aliphatic rings. The molecule has 0 aliphatic heterocycles. The van der Waals surface area contributed by atoms with E-state index < -0.39 is 17.5 Å². The normalized spacial score (nSPS) is 12.0. The SMILES string of the molecule is CC(N)c1ccccc1NC(=O)Cc1c(F)cccc1F. The largest absolute Gasteiger partial charge is 0.325 e. The van der Waals surface area contributed by atoms with Gasteiger partial charge in [0.1, 0.15) is 11.6 Å². The molecule has 0 bridgehead atoms. The first-order valence-electron chi connectivity index (χ1n) is 6.56. The van der Waals surface area contributed by atoms with Gasteiger partial charge in [0.05, 0.1) is 6.42 Å². The molecule has 0 aromatic heterocycles. The van der Waals surface area contributed by atoms with E-state index in [0.717, 1.165) is 17.7 Å². The number of anilines is 1. The van der Waals surface area contributed by atoms with E-state index in [1.165, 1.54) is 6.07 Å². The Morgan fingerprint density at radius 3 is 2.38 bits per heavy atom. The fraction of sp³-hybridized carbons (Fsp3) is 0.188. The lowest BCUT2D eigenvalue weighted by Gasteiger charge is -2.13. The van der Waals surface area contributed by atoms with Crippen molar-refractivity contribution in [1.29, 1.82) is 0 Å². The third-order valence-electron chi connectivity index (χ3n) is 3.12. The number of amides is 1. The topological polar surface area (TPSA) is 55.1 Å². The van der Waals surface area contributed by atoms with E-state index in [1.807, 2.05) is 6.07 Å². The second-order valence-electron chi connectivity index (χ2n) is 4.80. The van der Waals surface area contributed by atoms with Crippen LogP contribution in [0.4, 0.5) is 14.5 Å². The van der Waals surface area contributed by atoms with Crippen molar-refractivity contribution in [3.63, 3.8) is 0 Å². The zero-order valence-corrected chi connectivity index (χ0v) is 11.6. The van der Waals surface area contributed by atoms with E-state index in [9.17, 15) is 13.6 Å². The highest BCUT2D eigenvalue weighted by molar-refractivity contribution is 5.93. The van der Waals surface area contributed by atoms with Crippen LogP contribution in [0.2, 0.25) is 0 Å². The predicted molar refractivity (Wildman–Crippen MR) is 77.7 cm³/mol. The fourth-order valence-corrected chi connectivity index (χ4v) is 2.06. The van der Waals surface area contributed by atoms with Crippen molar-refractivity contribution < 1.29 is 13.6 Å². The van der Waals surface area contributed by atoms with E-state index in [0.29, 0.717) is 5.69 Å². The monoisotopic (exact) mass is 290 g/mol. The van der Waals surface area contributed by atoms with Crippen LogP contribution in [0, 0.1) is 11.6 Å². The number of rotatable bonds is 4. The summed E-state index contributed by atoms with van der Waals surface area (Å²) in [6, 6.07) is 10.3. The van der Waals surface area contributed by atoms with Gasteiger partial charge in [-0.1, -0.05) is 24.3 Å². The number of nitrogens with one attached hydrogen (secondary N) is 1. The van der Waals surface area contributed by atoms with Crippen molar-refractivity contribution in [3.8, 4) is 0 Å². The van der Waals surface area contributed by atoms with Gasteiger partial charge in [0.15, 0.2) is 0 Å². The molecule has 0 radical (unpaired) electrons. The molecule has 3 N–H and O–H groups in total. The first-order chi connectivity index (χ1) is 9.99. The van der Waals surface area contributed by atoms with Gasteiger partial charge in [0.25, 0.3) is 0 Å². The quantitative estimate of drug-likeness (QED) is 0.908. The summed E-state index contributed by atoms with van der Waals surface area (Å²) in [7, 11) is 0. The maximum atomic E-state index is 13.5. The van der Waals surface area contributed by atoms with Crippen molar-refractivity contribution in [2.75, 3.05) is 5.32 Å². The lowest BCUT2D eigenvalue weighted by Crippen LogP contribution is -2.18. The van der Waals surface area contributed by atoms with Gasteiger partial charge in [-0.25, -0.2) is 8.78 Å². The Morgan fingerprint density at radius 2 is 1.76 bits per heavy atom. The van der Waals surface area contributed by atoms with Crippen molar-refractivity contribution in [2.45, 2.75) is 19.4 Å². The molecule has 0 saturated carbocycles. The third kappa shape index (κ3) is 3.64. The van der Waals surface area contributed by atoms with Gasteiger partial charge in [-0.2, -0.15) is 0 Å². The van der Waals surface area contributed by atoms with Crippen molar-refractivity contribution in [2.24, 2.45) is 5.73 Å². The average molecular weight is 290 g/mol. The minimum atomic E-state index is -0.731. The smallest absolute Gasteiger partial charge is 0.229 e. The van der Waals surface area contributed by atoms with Crippen LogP contribution in [-0.2, 0) is 11.2 Å². The summed E-state index contributed by atoms with van der Waals surface area (Å²) in [6.07, 6.45) is -0.369. The molecule has 1 amide bonds. The second kappa shape index (κ2) is 6.45. The summed E-state index contributed by atoms with van der Waals surface area (Å²) in [4.78, 5) is 12.0. The predicted octanol–water partition coefficient (Wildman–Crippen LogP) is 3.17. The highest BCUT2D eigenvalue weighted by atomic mass is 19.1. The minimum Gasteiger partial charge on any atom is -0.325 e. The summed E-state index contributed by atoms with van der Waals surface area (Å²) in [6.45, 7) is 1.79. The number of carbonyl (C=O) groups is 1. The molecule has 1 unspecified atom stereocenters. The number of halogens is 2. The van der Waals surface area contributed by atoms with E-state index in [4.69, 9.17) is 5.73 Å². The Hall–Kier alpha value is -2.27. The molecule has 0 aliphatic carbocycles. The number of hydrogen-bond acceptors (Lipinski definition) is 2. The molecule has 110 valence electrons. The fourth-order valence-electron chi connectivity index (χ4n) is 2.06. The molecule has 2 rings (SSSR count). The van der Waals surface area contributed by atoms with Gasteiger partial charge in [-0.05, 0) is 30.7 Å². The zero-order valence-electron chi connectivity index (χ0n) is 11.6. The van der Waals surface area contributed by atoms with Gasteiger partial charge < -0.3 is 11.1 Å². The highest BCUT2D eigenvalue weighted by Crippen LogP contribution is 2.21. The van der Waals surface area contributed by atoms with Crippen LogP contribution in [0.25, 0.3) is 0 Å². The van der Waals surface area contributed by atoms with Crippen LogP contribution < -0.4 is 11.1 Å². The highest BCUT2D eigenvalue weighted by Gasteiger charge is 2.14. The third-order valence-corrected chi connectivity index (χ3v) is 3.12. The summed E-state index contributed by atoms with van der Waals surface area (Å²) in [5, 5.41) is 2.64. The molecule has 0 saturated heterocycles. The Morgan fingerprint density at radius 1 is 1.14 bits per heavy atom. The molecule has 0 fully saturated rings. The standard InChI is InChI=1S/C16H16F2N2O/c1-10(19)11-5-2-3-8-15(11)20-16(21)9-12-13(17)6-4-7-14(12)18/h2-8,10H,9,19H2,1H3,(H,20,21). The molecule has 0 spiro atoms. The second-order valence-corrected chi connectivity index (χ2v) is 4.80. The van der Waals surface area contributed by atoms with Gasteiger partial charge in [-0.3, -0.25) is 4.79 Å². The van der Waals surface area contributed by atoms with Crippen molar-refractivity contribution in [1.82, 2.24) is 0 Å². The molecule has 1 atom stereocenters. The molecule has 5 heteroatoms. The van der Waals surface area contributed by atoms with E-state index in [-0.39, 0.29) is 18.0 Å². The number of hydrogen-bond donors (Lipinski definition) is 2. The number of para-hydroxylation sites is 1. The molecular formula is C16H16F2N2O. The molecular weight excluding hydrogens is 274 g/mol. The first-order valence-corrected chi connectivity index (χ1v) is 6.56. The number of nitrogens with two attached hydrogens (primary N) is 1. The van der Waals surface area contributed by atoms with Crippen LogP contribution in [0.3, 0.4) is 0 Å². The summed E-state index contributed by atoms with van der Waals surface area (Å²) >= 11 is 0. The lowest BCUT2D eigenvalue weighted by molar-refractivity contribution is -0.115. The maximum Gasteiger partial charge on any atom is 0.229 e. The molecule has 2 aromatic carbocycles. The number of benzene rings is 2. The van der Waals surface area contributed by atoms with Gasteiger partial charge in [-0.15, -0.1) is 0 Å². The molecule has 21 heavy (non-hydrogen) atoms. The first kappa shape index (κ1) is 15.1. The van der Waals surface area contributed by atoms with Gasteiger partial charge in [0.2, 0.25) is 5.91 Å². The van der Waals surface area contributed by atoms with Gasteiger partial charge >= 0.3 is 0 Å². The van der Waals surface area contributed by atoms with Crippen LogP contribution in [-0.4, -0.2) is 5.91 Å². The summed E-state index contributed by atoms with van der Waals surface area (Å²) in [5.74, 6) is -1.96. The Labute approximate surface area is 121 Å². The lowest BCUT2D eigenvalue weighted by atomic mass is 10.1. The zero-order chi connectivity index (χ0) is 15.4. The summed E-state index contributed by atoms with van der Waals surface area (Å²) < 4.78 is 27.0. The van der Waals surface area contributed by atoms with E-state index in [2.05, 4.69) is 5.32 Å². The molecule has 0 heterocycles. The Bertz CT molecular complexity index is 636. The Balaban J connectivity index is 2.16. The van der Waals surface area contributed by atoms with Gasteiger partial charge in [0, 0.05) is 17.3 Å². The van der Waals surface area contributed by atoms with Crippen molar-refractivity contribution in [3.05, 3.63) is 65.2 Å². The number of carbonyl (C=O) groups excluding carboxylic acids is 1. The molecule has 2 aromatic rings. The Kier molecular flexibility index (Phi) is 4.65. The van der Waals surface area contributed by atoms with Crippen LogP contribution in [0.1, 0.15) is 24.1 Å². The van der Waals surface area contributed by atoms with Crippen molar-refractivity contribution >= 4 is 11.6 Å². The minimum absolute atomic E-state index is 0.242. The summed E-state index contributed by atoms with van der Waals surface area (Å²) in [5.41, 5.74) is 6.89.